The van der Waals surface area contributed by atoms with Gasteiger partial charge in [0.05, 0.1) is 0 Å². The van der Waals surface area contributed by atoms with E-state index in [1.165, 1.54) is 58.4 Å². The number of hydrogen-bond donors (Lipinski definition) is 2. The summed E-state index contributed by atoms with van der Waals surface area (Å²) in [6.07, 6.45) is 5.94. The Morgan fingerprint density at radius 2 is 1.47 bits per heavy atom. The molecule has 0 atom stereocenters. The molecular weight excluding hydrogens is 214 g/mol. The second-order valence-electron chi connectivity index (χ2n) is 4.96. The van der Waals surface area contributed by atoms with Crippen LogP contribution in [0.4, 0.5) is 0 Å². The van der Waals surface area contributed by atoms with E-state index in [-0.39, 0.29) is 0 Å². The molecule has 0 bridgehead atoms. The van der Waals surface area contributed by atoms with E-state index >= 15 is 0 Å². The van der Waals surface area contributed by atoms with Crippen LogP contribution in [0.1, 0.15) is 32.1 Å². The summed E-state index contributed by atoms with van der Waals surface area (Å²) in [5.74, 6) is 0. The molecule has 3 N–H and O–H groups in total. The van der Waals surface area contributed by atoms with Gasteiger partial charge >= 0.3 is 0 Å². The Morgan fingerprint density at radius 3 is 2.12 bits per heavy atom. The van der Waals surface area contributed by atoms with Crippen molar-refractivity contribution in [1.29, 1.82) is 0 Å². The third-order valence-corrected chi connectivity index (χ3v) is 3.51. The Morgan fingerprint density at radius 1 is 0.824 bits per heavy atom. The van der Waals surface area contributed by atoms with E-state index in [1.807, 2.05) is 0 Å². The molecule has 0 aromatic carbocycles. The molecule has 1 fully saturated rings. The number of aliphatic hydroxyl groups is 1. The molecule has 0 aromatic heterocycles. The van der Waals surface area contributed by atoms with Crippen LogP contribution < -0.4 is 5.73 Å². The van der Waals surface area contributed by atoms with Crippen LogP contribution in [0, 0.1) is 0 Å². The molecule has 4 heteroatoms. The van der Waals surface area contributed by atoms with E-state index in [4.69, 9.17) is 10.8 Å². The molecule has 1 heterocycles. The molecule has 0 spiro atoms. The average molecular weight is 243 g/mol. The molecule has 0 amide bonds. The molecule has 4 nitrogen and oxygen atoms in total. The molecule has 0 saturated carbocycles. The Kier molecular flexibility index (Phi) is 8.61. The van der Waals surface area contributed by atoms with Gasteiger partial charge in [-0.05, 0) is 38.9 Å². The average Bonchev–Trinajstić information content (AvgIpc) is 2.55. The second-order valence-corrected chi connectivity index (χ2v) is 4.96. The van der Waals surface area contributed by atoms with E-state index in [1.54, 1.807) is 0 Å². The van der Waals surface area contributed by atoms with Crippen molar-refractivity contribution >= 4 is 0 Å². The number of nitrogens with zero attached hydrogens (tertiary/aromatic N) is 2. The fourth-order valence-electron chi connectivity index (χ4n) is 2.45. The molecule has 17 heavy (non-hydrogen) atoms. The van der Waals surface area contributed by atoms with Gasteiger partial charge in [-0.3, -0.25) is 0 Å². The number of aliphatic hydroxyl groups excluding tert-OH is 1. The summed E-state index contributed by atoms with van der Waals surface area (Å²) < 4.78 is 0. The van der Waals surface area contributed by atoms with Crippen LogP contribution in [0.25, 0.3) is 0 Å². The minimum Gasteiger partial charge on any atom is -0.396 e. The van der Waals surface area contributed by atoms with Crippen molar-refractivity contribution in [3.63, 3.8) is 0 Å². The Balaban J connectivity index is 2.05. The molecule has 0 aliphatic carbocycles. The van der Waals surface area contributed by atoms with Gasteiger partial charge in [-0.1, -0.05) is 12.8 Å². The van der Waals surface area contributed by atoms with Crippen molar-refractivity contribution in [3.8, 4) is 0 Å². The van der Waals surface area contributed by atoms with Gasteiger partial charge in [-0.2, -0.15) is 0 Å². The van der Waals surface area contributed by atoms with Crippen LogP contribution in [0.15, 0.2) is 0 Å². The van der Waals surface area contributed by atoms with Gasteiger partial charge in [0.2, 0.25) is 0 Å². The summed E-state index contributed by atoms with van der Waals surface area (Å²) in [6.45, 7) is 8.21. The molecule has 1 aliphatic rings. The largest absolute Gasteiger partial charge is 0.396 e. The smallest absolute Gasteiger partial charge is 0.0431 e. The lowest BCUT2D eigenvalue weighted by molar-refractivity contribution is 0.252. The Hall–Kier alpha value is -0.160. The lowest BCUT2D eigenvalue weighted by Gasteiger charge is -2.21. The molecule has 1 aliphatic heterocycles. The topological polar surface area (TPSA) is 52.7 Å². The zero-order valence-electron chi connectivity index (χ0n) is 11.1. The molecular formula is C13H29N3O. The first-order valence-electron chi connectivity index (χ1n) is 7.12. The van der Waals surface area contributed by atoms with Gasteiger partial charge in [0.25, 0.3) is 0 Å². The van der Waals surface area contributed by atoms with Crippen molar-refractivity contribution in [2.45, 2.75) is 32.1 Å². The maximum absolute atomic E-state index is 8.71. The summed E-state index contributed by atoms with van der Waals surface area (Å²) >= 11 is 0. The number of hydrogen-bond acceptors (Lipinski definition) is 4. The van der Waals surface area contributed by atoms with Gasteiger partial charge < -0.3 is 20.6 Å². The van der Waals surface area contributed by atoms with E-state index in [2.05, 4.69) is 9.80 Å². The Labute approximate surface area is 106 Å². The second kappa shape index (κ2) is 9.83. The van der Waals surface area contributed by atoms with Crippen LogP contribution in [0.3, 0.4) is 0 Å². The van der Waals surface area contributed by atoms with E-state index in [0.29, 0.717) is 6.61 Å². The normalized spacial score (nSPS) is 19.4. The highest BCUT2D eigenvalue weighted by atomic mass is 16.2. The summed E-state index contributed by atoms with van der Waals surface area (Å²) in [6, 6.07) is 0. The first-order valence-corrected chi connectivity index (χ1v) is 7.12. The van der Waals surface area contributed by atoms with Crippen LogP contribution in [-0.4, -0.2) is 67.3 Å². The van der Waals surface area contributed by atoms with E-state index in [0.717, 1.165) is 19.5 Å². The van der Waals surface area contributed by atoms with Crippen LogP contribution in [0.5, 0.6) is 0 Å². The summed E-state index contributed by atoms with van der Waals surface area (Å²) in [4.78, 5) is 5.06. The summed E-state index contributed by atoms with van der Waals surface area (Å²) in [7, 11) is 0. The third kappa shape index (κ3) is 6.99. The maximum atomic E-state index is 8.71. The first kappa shape index (κ1) is 14.9. The number of rotatable bonds is 8. The van der Waals surface area contributed by atoms with Crippen LogP contribution >= 0.6 is 0 Å². The highest BCUT2D eigenvalue weighted by Crippen LogP contribution is 2.06. The zero-order chi connectivity index (χ0) is 12.3. The third-order valence-electron chi connectivity index (χ3n) is 3.51. The van der Waals surface area contributed by atoms with Crippen molar-refractivity contribution in [3.05, 3.63) is 0 Å². The van der Waals surface area contributed by atoms with Gasteiger partial charge in [-0.15, -0.1) is 0 Å². The highest BCUT2D eigenvalue weighted by molar-refractivity contribution is 4.69. The first-order chi connectivity index (χ1) is 8.36. The standard InChI is InChI=1S/C13H29N3O/c14-6-10-16-9-5-8-15(11-12-16)7-3-1-2-4-13-17/h17H,1-14H2. The van der Waals surface area contributed by atoms with Gasteiger partial charge in [0, 0.05) is 32.8 Å². The fourth-order valence-corrected chi connectivity index (χ4v) is 2.45. The molecule has 1 saturated heterocycles. The van der Waals surface area contributed by atoms with Crippen molar-refractivity contribution in [2.75, 3.05) is 52.4 Å². The molecule has 102 valence electrons. The lowest BCUT2D eigenvalue weighted by atomic mass is 10.2. The molecule has 0 aromatic rings. The van der Waals surface area contributed by atoms with Gasteiger partial charge in [-0.25, -0.2) is 0 Å². The monoisotopic (exact) mass is 243 g/mol. The molecule has 0 radical (unpaired) electrons. The molecule has 0 unspecified atom stereocenters. The van der Waals surface area contributed by atoms with Crippen LogP contribution in [0.2, 0.25) is 0 Å². The number of nitrogens with two attached hydrogens (primary N) is 1. The fraction of sp³-hybridized carbons (Fsp3) is 1.00. The van der Waals surface area contributed by atoms with Crippen molar-refractivity contribution in [2.24, 2.45) is 5.73 Å². The zero-order valence-corrected chi connectivity index (χ0v) is 11.1. The summed E-state index contributed by atoms with van der Waals surface area (Å²) in [5, 5.41) is 8.71. The van der Waals surface area contributed by atoms with Gasteiger partial charge in [0.1, 0.15) is 0 Å². The van der Waals surface area contributed by atoms with Crippen molar-refractivity contribution < 1.29 is 5.11 Å². The summed E-state index contributed by atoms with van der Waals surface area (Å²) in [5.41, 5.74) is 5.60. The SMILES string of the molecule is NCCN1CCCN(CCCCCCO)CC1. The minimum atomic E-state index is 0.345. The maximum Gasteiger partial charge on any atom is 0.0431 e. The lowest BCUT2D eigenvalue weighted by Crippen LogP contribution is -2.34. The Bertz CT molecular complexity index is 178. The quantitative estimate of drug-likeness (QED) is 0.610. The highest BCUT2D eigenvalue weighted by Gasteiger charge is 2.13. The number of unbranched alkanes of at least 4 members (excludes halogenated alkanes) is 3. The van der Waals surface area contributed by atoms with E-state index in [9.17, 15) is 0 Å². The minimum absolute atomic E-state index is 0.345. The molecule has 1 rings (SSSR count). The predicted molar refractivity (Wildman–Crippen MR) is 72.1 cm³/mol. The van der Waals surface area contributed by atoms with E-state index < -0.39 is 0 Å². The van der Waals surface area contributed by atoms with Crippen LogP contribution in [-0.2, 0) is 0 Å². The van der Waals surface area contributed by atoms with Gasteiger partial charge in [0.15, 0.2) is 0 Å². The van der Waals surface area contributed by atoms with Crippen molar-refractivity contribution in [1.82, 2.24) is 9.80 Å². The predicted octanol–water partition coefficient (Wildman–Crippen LogP) is 0.506.